The SMILES string of the molecule is COc1cccc(-n2cc([C@H](C)NC(=O)N3CCc4nc(C)[nH]c4C3)cn2)c1. The van der Waals surface area contributed by atoms with Crippen LogP contribution in [0, 0.1) is 6.92 Å². The number of imidazole rings is 1. The summed E-state index contributed by atoms with van der Waals surface area (Å²) in [6.07, 6.45) is 4.47. The number of ether oxygens (including phenoxy) is 1. The molecule has 0 saturated carbocycles. The number of carbonyl (C=O) groups excluding carboxylic acids is 1. The predicted molar refractivity (Wildman–Crippen MR) is 105 cm³/mol. The monoisotopic (exact) mass is 380 g/mol. The summed E-state index contributed by atoms with van der Waals surface area (Å²) < 4.78 is 7.05. The van der Waals surface area contributed by atoms with Crippen molar-refractivity contribution in [3.8, 4) is 11.4 Å². The van der Waals surface area contributed by atoms with Crippen LogP contribution in [0.1, 0.15) is 35.7 Å². The van der Waals surface area contributed by atoms with Gasteiger partial charge in [-0.05, 0) is 26.0 Å². The van der Waals surface area contributed by atoms with Crippen LogP contribution in [-0.4, -0.2) is 44.3 Å². The van der Waals surface area contributed by atoms with Gasteiger partial charge in [0.15, 0.2) is 0 Å². The van der Waals surface area contributed by atoms with Crippen molar-refractivity contribution in [3.63, 3.8) is 0 Å². The van der Waals surface area contributed by atoms with E-state index in [9.17, 15) is 4.79 Å². The number of methoxy groups -OCH3 is 1. The largest absolute Gasteiger partial charge is 0.497 e. The molecule has 1 aromatic carbocycles. The zero-order valence-corrected chi connectivity index (χ0v) is 16.3. The van der Waals surface area contributed by atoms with Crippen LogP contribution in [0.25, 0.3) is 5.69 Å². The lowest BCUT2D eigenvalue weighted by molar-refractivity contribution is 0.188. The van der Waals surface area contributed by atoms with E-state index in [4.69, 9.17) is 4.74 Å². The van der Waals surface area contributed by atoms with Crippen LogP contribution in [0.2, 0.25) is 0 Å². The molecule has 8 nitrogen and oxygen atoms in total. The number of amides is 2. The second-order valence-corrected chi connectivity index (χ2v) is 7.01. The minimum atomic E-state index is -0.156. The van der Waals surface area contributed by atoms with Gasteiger partial charge in [-0.15, -0.1) is 0 Å². The molecule has 8 heteroatoms. The Morgan fingerprint density at radius 3 is 3.07 bits per heavy atom. The van der Waals surface area contributed by atoms with Crippen LogP contribution in [-0.2, 0) is 13.0 Å². The first-order chi connectivity index (χ1) is 13.5. The maximum atomic E-state index is 12.7. The van der Waals surface area contributed by atoms with Crippen molar-refractivity contribution in [1.29, 1.82) is 0 Å². The van der Waals surface area contributed by atoms with Crippen LogP contribution in [0.15, 0.2) is 36.7 Å². The number of fused-ring (bicyclic) bond motifs is 1. The number of H-pyrrole nitrogens is 1. The molecule has 2 aromatic heterocycles. The average molecular weight is 380 g/mol. The number of aromatic nitrogens is 4. The Bertz CT molecular complexity index is 992. The first kappa shape index (κ1) is 18.1. The number of benzene rings is 1. The van der Waals surface area contributed by atoms with E-state index in [1.807, 2.05) is 49.2 Å². The van der Waals surface area contributed by atoms with Crippen LogP contribution < -0.4 is 10.1 Å². The molecule has 0 fully saturated rings. The minimum absolute atomic E-state index is 0.0838. The maximum Gasteiger partial charge on any atom is 0.318 e. The van der Waals surface area contributed by atoms with E-state index in [1.54, 1.807) is 18.0 Å². The van der Waals surface area contributed by atoms with E-state index < -0.39 is 0 Å². The molecule has 28 heavy (non-hydrogen) atoms. The number of hydrogen-bond acceptors (Lipinski definition) is 4. The summed E-state index contributed by atoms with van der Waals surface area (Å²) >= 11 is 0. The van der Waals surface area contributed by atoms with Gasteiger partial charge in [-0.25, -0.2) is 14.5 Å². The third-order valence-corrected chi connectivity index (χ3v) is 5.00. The quantitative estimate of drug-likeness (QED) is 0.728. The highest BCUT2D eigenvalue weighted by Gasteiger charge is 2.24. The van der Waals surface area contributed by atoms with Crippen LogP contribution >= 0.6 is 0 Å². The molecule has 3 aromatic rings. The summed E-state index contributed by atoms with van der Waals surface area (Å²) in [4.78, 5) is 22.2. The van der Waals surface area contributed by atoms with Crippen molar-refractivity contribution >= 4 is 6.03 Å². The Morgan fingerprint density at radius 1 is 1.39 bits per heavy atom. The van der Waals surface area contributed by atoms with E-state index in [1.165, 1.54) is 0 Å². The summed E-state index contributed by atoms with van der Waals surface area (Å²) in [7, 11) is 1.64. The molecule has 146 valence electrons. The number of aromatic amines is 1. The van der Waals surface area contributed by atoms with E-state index in [0.717, 1.165) is 40.6 Å². The van der Waals surface area contributed by atoms with Gasteiger partial charge in [0.2, 0.25) is 0 Å². The normalized spacial score (nSPS) is 14.5. The summed E-state index contributed by atoms with van der Waals surface area (Å²) in [6.45, 7) is 5.11. The molecule has 1 atom stereocenters. The number of urea groups is 1. The first-order valence-electron chi connectivity index (χ1n) is 9.32. The van der Waals surface area contributed by atoms with Crippen molar-refractivity contribution in [2.75, 3.05) is 13.7 Å². The van der Waals surface area contributed by atoms with E-state index in [0.29, 0.717) is 13.1 Å². The number of nitrogens with zero attached hydrogens (tertiary/aromatic N) is 4. The lowest BCUT2D eigenvalue weighted by atomic mass is 10.1. The molecule has 1 aliphatic rings. The second kappa shape index (κ2) is 7.38. The summed E-state index contributed by atoms with van der Waals surface area (Å²) in [6, 6.07) is 7.44. The zero-order chi connectivity index (χ0) is 19.7. The van der Waals surface area contributed by atoms with Gasteiger partial charge in [-0.1, -0.05) is 6.07 Å². The van der Waals surface area contributed by atoms with Crippen molar-refractivity contribution < 1.29 is 9.53 Å². The Hall–Kier alpha value is -3.29. The van der Waals surface area contributed by atoms with Crippen LogP contribution in [0.5, 0.6) is 5.75 Å². The molecule has 1 aliphatic heterocycles. The van der Waals surface area contributed by atoms with Crippen LogP contribution in [0.4, 0.5) is 4.79 Å². The molecule has 0 radical (unpaired) electrons. The fourth-order valence-corrected chi connectivity index (χ4v) is 3.42. The Morgan fingerprint density at radius 2 is 2.25 bits per heavy atom. The maximum absolute atomic E-state index is 12.7. The highest BCUT2D eigenvalue weighted by Crippen LogP contribution is 2.20. The lowest BCUT2D eigenvalue weighted by Gasteiger charge is -2.27. The summed E-state index contributed by atoms with van der Waals surface area (Å²) in [5.74, 6) is 1.67. The number of carbonyl (C=O) groups is 1. The smallest absolute Gasteiger partial charge is 0.318 e. The molecule has 0 spiro atoms. The van der Waals surface area contributed by atoms with E-state index in [-0.39, 0.29) is 12.1 Å². The second-order valence-electron chi connectivity index (χ2n) is 7.01. The number of hydrogen-bond donors (Lipinski definition) is 2. The number of rotatable bonds is 4. The molecule has 0 unspecified atom stereocenters. The average Bonchev–Trinajstić information content (AvgIpc) is 3.33. The third-order valence-electron chi connectivity index (χ3n) is 5.00. The molecule has 2 amide bonds. The lowest BCUT2D eigenvalue weighted by Crippen LogP contribution is -2.43. The van der Waals surface area contributed by atoms with Gasteiger partial charge in [0, 0.05) is 30.8 Å². The Kier molecular flexibility index (Phi) is 4.77. The fraction of sp³-hybridized carbons (Fsp3) is 0.350. The predicted octanol–water partition coefficient (Wildman–Crippen LogP) is 2.74. The first-order valence-corrected chi connectivity index (χ1v) is 9.32. The van der Waals surface area contributed by atoms with Gasteiger partial charge in [0.05, 0.1) is 43.0 Å². The van der Waals surface area contributed by atoms with Gasteiger partial charge in [-0.3, -0.25) is 0 Å². The van der Waals surface area contributed by atoms with Crippen molar-refractivity contribution in [3.05, 3.63) is 59.4 Å². The van der Waals surface area contributed by atoms with Crippen LogP contribution in [0.3, 0.4) is 0 Å². The molecular formula is C20H24N6O2. The molecular weight excluding hydrogens is 356 g/mol. The zero-order valence-electron chi connectivity index (χ0n) is 16.3. The van der Waals surface area contributed by atoms with Crippen molar-refractivity contribution in [1.82, 2.24) is 30.0 Å². The summed E-state index contributed by atoms with van der Waals surface area (Å²) in [5.41, 5.74) is 3.93. The van der Waals surface area contributed by atoms with E-state index in [2.05, 4.69) is 20.4 Å². The van der Waals surface area contributed by atoms with Crippen molar-refractivity contribution in [2.45, 2.75) is 32.9 Å². The number of aryl methyl sites for hydroxylation is 1. The highest BCUT2D eigenvalue weighted by molar-refractivity contribution is 5.75. The van der Waals surface area contributed by atoms with Gasteiger partial charge in [0.1, 0.15) is 11.6 Å². The third kappa shape index (κ3) is 3.58. The summed E-state index contributed by atoms with van der Waals surface area (Å²) in [5, 5.41) is 7.48. The Balaban J connectivity index is 1.42. The fourth-order valence-electron chi connectivity index (χ4n) is 3.42. The molecule has 0 bridgehead atoms. The van der Waals surface area contributed by atoms with Crippen molar-refractivity contribution in [2.24, 2.45) is 0 Å². The molecule has 0 saturated heterocycles. The number of nitrogens with one attached hydrogen (secondary N) is 2. The highest BCUT2D eigenvalue weighted by atomic mass is 16.5. The van der Waals surface area contributed by atoms with Gasteiger partial charge < -0.3 is 19.9 Å². The molecule has 2 N–H and O–H groups in total. The topological polar surface area (TPSA) is 88.1 Å². The molecule has 0 aliphatic carbocycles. The standard InChI is InChI=1S/C20H24N6O2/c1-13(15-10-21-26(11-15)16-5-4-6-17(9-16)28-3)22-20(27)25-8-7-18-19(12-25)24-14(2)23-18/h4-6,9-11,13H,7-8,12H2,1-3H3,(H,22,27)(H,23,24)/t13-/m0/s1. The van der Waals surface area contributed by atoms with Gasteiger partial charge >= 0.3 is 6.03 Å². The molecule has 3 heterocycles. The van der Waals surface area contributed by atoms with E-state index >= 15 is 0 Å². The Labute approximate surface area is 163 Å². The van der Waals surface area contributed by atoms with Gasteiger partial charge in [-0.2, -0.15) is 5.10 Å². The molecule has 4 rings (SSSR count). The minimum Gasteiger partial charge on any atom is -0.497 e. The van der Waals surface area contributed by atoms with Gasteiger partial charge in [0.25, 0.3) is 0 Å².